The molecular formula is C16H26N2O3. The highest BCUT2D eigenvalue weighted by Gasteiger charge is 2.20. The molecule has 0 aliphatic heterocycles. The summed E-state index contributed by atoms with van der Waals surface area (Å²) in [5.74, 6) is 1.52. The highest BCUT2D eigenvalue weighted by molar-refractivity contribution is 5.81. The lowest BCUT2D eigenvalue weighted by Gasteiger charge is -2.23. The van der Waals surface area contributed by atoms with E-state index in [-0.39, 0.29) is 11.8 Å². The Morgan fingerprint density at radius 1 is 1.24 bits per heavy atom. The molecule has 0 spiro atoms. The lowest BCUT2D eigenvalue weighted by atomic mass is 10.0. The van der Waals surface area contributed by atoms with Crippen molar-refractivity contribution in [2.45, 2.75) is 26.3 Å². The van der Waals surface area contributed by atoms with Gasteiger partial charge in [0.05, 0.1) is 20.3 Å². The van der Waals surface area contributed by atoms with E-state index in [9.17, 15) is 4.79 Å². The average Bonchev–Trinajstić information content (AvgIpc) is 2.50. The van der Waals surface area contributed by atoms with Crippen molar-refractivity contribution < 1.29 is 14.3 Å². The second-order valence-electron chi connectivity index (χ2n) is 5.47. The zero-order valence-electron chi connectivity index (χ0n) is 13.6. The second-order valence-corrected chi connectivity index (χ2v) is 5.47. The van der Waals surface area contributed by atoms with Crippen molar-refractivity contribution in [3.63, 3.8) is 0 Å². The first-order chi connectivity index (χ1) is 9.90. The van der Waals surface area contributed by atoms with Crippen molar-refractivity contribution in [3.8, 4) is 11.5 Å². The van der Waals surface area contributed by atoms with Gasteiger partial charge in [0.2, 0.25) is 5.91 Å². The third-order valence-corrected chi connectivity index (χ3v) is 3.56. The van der Waals surface area contributed by atoms with E-state index in [1.54, 1.807) is 26.2 Å². The van der Waals surface area contributed by atoms with Crippen molar-refractivity contribution in [1.82, 2.24) is 4.90 Å². The van der Waals surface area contributed by atoms with E-state index in [0.29, 0.717) is 18.0 Å². The Morgan fingerprint density at radius 2 is 1.86 bits per heavy atom. The Morgan fingerprint density at radius 3 is 2.38 bits per heavy atom. The Balaban J connectivity index is 2.65. The molecule has 2 N–H and O–H groups in total. The second kappa shape index (κ2) is 7.88. The molecule has 21 heavy (non-hydrogen) atoms. The fourth-order valence-electron chi connectivity index (χ4n) is 1.98. The minimum absolute atomic E-state index is 0.0227. The predicted octanol–water partition coefficient (Wildman–Crippen LogP) is 1.69. The number of benzene rings is 1. The fraction of sp³-hybridized carbons (Fsp3) is 0.562. The third-order valence-electron chi connectivity index (χ3n) is 3.56. The molecule has 0 aliphatic carbocycles. The van der Waals surface area contributed by atoms with Crippen LogP contribution >= 0.6 is 0 Å². The minimum atomic E-state index is -0.444. The Kier molecular flexibility index (Phi) is 6.49. The molecule has 1 rings (SSSR count). The highest BCUT2D eigenvalue weighted by Crippen LogP contribution is 2.27. The molecule has 5 heteroatoms. The number of methoxy groups -OCH3 is 2. The summed E-state index contributed by atoms with van der Waals surface area (Å²) >= 11 is 0. The Labute approximate surface area is 127 Å². The number of likely N-dealkylation sites (N-methyl/N-ethyl adjacent to an activating group) is 1. The van der Waals surface area contributed by atoms with E-state index >= 15 is 0 Å². The van der Waals surface area contributed by atoms with Crippen LogP contribution in [0.15, 0.2) is 18.2 Å². The summed E-state index contributed by atoms with van der Waals surface area (Å²) in [6, 6.07) is 5.33. The van der Waals surface area contributed by atoms with Gasteiger partial charge >= 0.3 is 0 Å². The quantitative estimate of drug-likeness (QED) is 0.831. The lowest BCUT2D eigenvalue weighted by Crippen LogP contribution is -2.45. The zero-order valence-corrected chi connectivity index (χ0v) is 13.6. The zero-order chi connectivity index (χ0) is 16.0. The van der Waals surface area contributed by atoms with Gasteiger partial charge in [-0.2, -0.15) is 0 Å². The topological polar surface area (TPSA) is 64.8 Å². The monoisotopic (exact) mass is 294 g/mol. The van der Waals surface area contributed by atoms with Gasteiger partial charge in [0.25, 0.3) is 0 Å². The molecular weight excluding hydrogens is 268 g/mol. The fourth-order valence-corrected chi connectivity index (χ4v) is 1.98. The SMILES string of the molecule is COc1ccc(CCN(C)C(=O)[C@@H](N)C(C)C)cc1OC. The molecule has 0 saturated carbocycles. The van der Waals surface area contributed by atoms with Crippen molar-refractivity contribution in [2.75, 3.05) is 27.8 Å². The van der Waals surface area contributed by atoms with Crippen LogP contribution in [0.5, 0.6) is 11.5 Å². The normalized spacial score (nSPS) is 12.1. The maximum absolute atomic E-state index is 12.1. The van der Waals surface area contributed by atoms with E-state index < -0.39 is 6.04 Å². The molecule has 1 aromatic rings. The van der Waals surface area contributed by atoms with Gasteiger partial charge in [0.1, 0.15) is 0 Å². The number of hydrogen-bond acceptors (Lipinski definition) is 4. The van der Waals surface area contributed by atoms with Crippen molar-refractivity contribution in [2.24, 2.45) is 11.7 Å². The lowest BCUT2D eigenvalue weighted by molar-refractivity contribution is -0.132. The molecule has 0 radical (unpaired) electrons. The molecule has 118 valence electrons. The predicted molar refractivity (Wildman–Crippen MR) is 83.7 cm³/mol. The average molecular weight is 294 g/mol. The minimum Gasteiger partial charge on any atom is -0.493 e. The standard InChI is InChI=1S/C16H26N2O3/c1-11(2)15(17)16(19)18(3)9-8-12-6-7-13(20-4)14(10-12)21-5/h6-7,10-11,15H,8-9,17H2,1-5H3/t15-/m0/s1. The van der Waals surface area contributed by atoms with E-state index in [1.807, 2.05) is 32.0 Å². The van der Waals surface area contributed by atoms with Crippen LogP contribution in [0.25, 0.3) is 0 Å². The van der Waals surface area contributed by atoms with Crippen LogP contribution < -0.4 is 15.2 Å². The molecule has 0 bridgehead atoms. The Hall–Kier alpha value is -1.75. The molecule has 1 aromatic carbocycles. The largest absolute Gasteiger partial charge is 0.493 e. The number of nitrogens with zero attached hydrogens (tertiary/aromatic N) is 1. The first-order valence-electron chi connectivity index (χ1n) is 7.12. The molecule has 0 aliphatic rings. The van der Waals surface area contributed by atoms with Gasteiger partial charge in [0, 0.05) is 13.6 Å². The molecule has 0 fully saturated rings. The van der Waals surface area contributed by atoms with E-state index in [4.69, 9.17) is 15.2 Å². The van der Waals surface area contributed by atoms with Gasteiger partial charge in [-0.25, -0.2) is 0 Å². The molecule has 0 aromatic heterocycles. The maximum Gasteiger partial charge on any atom is 0.239 e. The van der Waals surface area contributed by atoms with Crippen LogP contribution in [-0.4, -0.2) is 44.7 Å². The number of ether oxygens (including phenoxy) is 2. The van der Waals surface area contributed by atoms with Gasteiger partial charge in [-0.15, -0.1) is 0 Å². The van der Waals surface area contributed by atoms with Gasteiger partial charge in [-0.3, -0.25) is 4.79 Å². The number of amides is 1. The number of carbonyl (C=O) groups excluding carboxylic acids is 1. The van der Waals surface area contributed by atoms with Crippen LogP contribution in [0.4, 0.5) is 0 Å². The molecule has 1 atom stereocenters. The van der Waals surface area contributed by atoms with E-state index in [2.05, 4.69) is 0 Å². The third kappa shape index (κ3) is 4.63. The van der Waals surface area contributed by atoms with Crippen molar-refractivity contribution >= 4 is 5.91 Å². The summed E-state index contributed by atoms with van der Waals surface area (Å²) in [4.78, 5) is 13.8. The molecule has 1 amide bonds. The summed E-state index contributed by atoms with van der Waals surface area (Å²) in [6.45, 7) is 4.52. The Bertz CT molecular complexity index is 475. The number of hydrogen-bond donors (Lipinski definition) is 1. The highest BCUT2D eigenvalue weighted by atomic mass is 16.5. The summed E-state index contributed by atoms with van der Waals surface area (Å²) in [5, 5.41) is 0. The molecule has 5 nitrogen and oxygen atoms in total. The van der Waals surface area contributed by atoms with E-state index in [1.165, 1.54) is 0 Å². The molecule has 0 unspecified atom stereocenters. The van der Waals surface area contributed by atoms with Gasteiger partial charge in [-0.1, -0.05) is 19.9 Å². The van der Waals surface area contributed by atoms with Gasteiger partial charge in [-0.05, 0) is 30.0 Å². The summed E-state index contributed by atoms with van der Waals surface area (Å²) in [6.07, 6.45) is 0.743. The van der Waals surface area contributed by atoms with Crippen LogP contribution in [0, 0.1) is 5.92 Å². The van der Waals surface area contributed by atoms with Crippen LogP contribution in [0.2, 0.25) is 0 Å². The summed E-state index contributed by atoms with van der Waals surface area (Å²) < 4.78 is 10.5. The van der Waals surface area contributed by atoms with Crippen molar-refractivity contribution in [1.29, 1.82) is 0 Å². The van der Waals surface area contributed by atoms with E-state index in [0.717, 1.165) is 12.0 Å². The number of rotatable bonds is 7. The van der Waals surface area contributed by atoms with Crippen LogP contribution in [0.3, 0.4) is 0 Å². The summed E-state index contributed by atoms with van der Waals surface area (Å²) in [7, 11) is 5.00. The molecule has 0 heterocycles. The first-order valence-corrected chi connectivity index (χ1v) is 7.12. The summed E-state index contributed by atoms with van der Waals surface area (Å²) in [5.41, 5.74) is 6.97. The molecule has 0 saturated heterocycles. The number of carbonyl (C=O) groups is 1. The van der Waals surface area contributed by atoms with Crippen LogP contribution in [0.1, 0.15) is 19.4 Å². The first kappa shape index (κ1) is 17.3. The van der Waals surface area contributed by atoms with Crippen LogP contribution in [-0.2, 0) is 11.2 Å². The van der Waals surface area contributed by atoms with Crippen molar-refractivity contribution in [3.05, 3.63) is 23.8 Å². The van der Waals surface area contributed by atoms with Gasteiger partial charge in [0.15, 0.2) is 11.5 Å². The smallest absolute Gasteiger partial charge is 0.239 e. The van der Waals surface area contributed by atoms with Gasteiger partial charge < -0.3 is 20.1 Å². The number of nitrogens with two attached hydrogens (primary N) is 1. The maximum atomic E-state index is 12.1.